The van der Waals surface area contributed by atoms with E-state index in [9.17, 15) is 4.79 Å². The number of carbonyl (C=O) groups is 1. The van der Waals surface area contributed by atoms with Gasteiger partial charge in [0.2, 0.25) is 5.91 Å². The third kappa shape index (κ3) is 4.72. The van der Waals surface area contributed by atoms with Crippen LogP contribution in [-0.2, 0) is 9.53 Å². The van der Waals surface area contributed by atoms with Crippen LogP contribution in [0.25, 0.3) is 0 Å². The molecular formula is C12H21N3O2S. The molecule has 102 valence electrons. The highest BCUT2D eigenvalue weighted by Gasteiger charge is 2.18. The Balaban J connectivity index is 2.47. The number of nitrogens with two attached hydrogens (primary N) is 1. The molecule has 0 fully saturated rings. The molecule has 0 aliphatic rings. The first-order valence-corrected chi connectivity index (χ1v) is 7.09. The lowest BCUT2D eigenvalue weighted by Gasteiger charge is -2.18. The predicted molar refractivity (Wildman–Crippen MR) is 72.4 cm³/mol. The number of ether oxygens (including phenoxy) is 1. The molecule has 0 aromatic carbocycles. The molecule has 0 spiro atoms. The average Bonchev–Trinajstić information content (AvgIpc) is 2.89. The van der Waals surface area contributed by atoms with E-state index in [2.05, 4.69) is 10.3 Å². The third-order valence-electron chi connectivity index (χ3n) is 2.57. The van der Waals surface area contributed by atoms with Crippen LogP contribution in [0, 0.1) is 0 Å². The van der Waals surface area contributed by atoms with Crippen LogP contribution in [0.15, 0.2) is 11.6 Å². The molecule has 1 aromatic heterocycles. The number of nitrogens with zero attached hydrogens (tertiary/aromatic N) is 1. The molecular weight excluding hydrogens is 250 g/mol. The van der Waals surface area contributed by atoms with E-state index in [4.69, 9.17) is 10.5 Å². The molecule has 0 saturated heterocycles. The van der Waals surface area contributed by atoms with Crippen LogP contribution in [0.1, 0.15) is 37.7 Å². The Hall–Kier alpha value is -0.980. The van der Waals surface area contributed by atoms with Gasteiger partial charge in [0.25, 0.3) is 0 Å². The fourth-order valence-corrected chi connectivity index (χ4v) is 2.42. The second kappa shape index (κ2) is 8.18. The predicted octanol–water partition coefficient (Wildman–Crippen LogP) is 1.46. The van der Waals surface area contributed by atoms with Gasteiger partial charge >= 0.3 is 0 Å². The minimum absolute atomic E-state index is 0.0162. The quantitative estimate of drug-likeness (QED) is 0.750. The molecule has 1 rings (SSSR count). The topological polar surface area (TPSA) is 77.2 Å². The van der Waals surface area contributed by atoms with E-state index < -0.39 is 0 Å². The van der Waals surface area contributed by atoms with Crippen molar-refractivity contribution in [2.75, 3.05) is 13.2 Å². The summed E-state index contributed by atoms with van der Waals surface area (Å²) in [6, 6.07) is -0.0162. The van der Waals surface area contributed by atoms with Crippen molar-refractivity contribution in [3.05, 3.63) is 16.6 Å². The second-order valence-electron chi connectivity index (χ2n) is 3.92. The summed E-state index contributed by atoms with van der Waals surface area (Å²) in [5.74, 6) is -0.0408. The monoisotopic (exact) mass is 271 g/mol. The van der Waals surface area contributed by atoms with E-state index in [1.807, 2.05) is 19.2 Å². The summed E-state index contributed by atoms with van der Waals surface area (Å²) in [7, 11) is 0. The molecule has 0 aliphatic heterocycles. The van der Waals surface area contributed by atoms with Gasteiger partial charge < -0.3 is 15.8 Å². The van der Waals surface area contributed by atoms with Gasteiger partial charge in [0.1, 0.15) is 5.01 Å². The fraction of sp³-hybridized carbons (Fsp3) is 0.667. The second-order valence-corrected chi connectivity index (χ2v) is 4.84. The summed E-state index contributed by atoms with van der Waals surface area (Å²) in [6.07, 6.45) is 2.66. The lowest BCUT2D eigenvalue weighted by molar-refractivity contribution is -0.124. The first-order chi connectivity index (χ1) is 8.71. The van der Waals surface area contributed by atoms with Gasteiger partial charge in [-0.25, -0.2) is 4.98 Å². The highest BCUT2D eigenvalue weighted by Crippen LogP contribution is 2.18. The third-order valence-corrected chi connectivity index (χ3v) is 3.46. The molecule has 0 aliphatic carbocycles. The van der Waals surface area contributed by atoms with Crippen LogP contribution >= 0.6 is 11.3 Å². The molecule has 2 atom stereocenters. The molecule has 3 N–H and O–H groups in total. The van der Waals surface area contributed by atoms with Crippen molar-refractivity contribution in [3.8, 4) is 0 Å². The Morgan fingerprint density at radius 2 is 2.39 bits per heavy atom. The van der Waals surface area contributed by atoms with E-state index in [0.29, 0.717) is 19.6 Å². The number of hydrogen-bond acceptors (Lipinski definition) is 5. The number of amides is 1. The van der Waals surface area contributed by atoms with Crippen LogP contribution < -0.4 is 11.1 Å². The van der Waals surface area contributed by atoms with Gasteiger partial charge in [-0.15, -0.1) is 11.3 Å². The zero-order valence-corrected chi connectivity index (χ0v) is 11.7. The van der Waals surface area contributed by atoms with Gasteiger partial charge in [-0.05, 0) is 13.3 Å². The maximum atomic E-state index is 11.9. The number of hydrogen-bond donors (Lipinski definition) is 2. The van der Waals surface area contributed by atoms with Gasteiger partial charge in [-0.3, -0.25) is 4.79 Å². The lowest BCUT2D eigenvalue weighted by atomic mass is 10.2. The molecule has 1 aromatic rings. The summed E-state index contributed by atoms with van der Waals surface area (Å²) in [5.41, 5.74) is 5.55. The molecule has 5 nitrogen and oxygen atoms in total. The molecule has 1 amide bonds. The first-order valence-electron chi connectivity index (χ1n) is 6.21. The summed E-state index contributed by atoms with van der Waals surface area (Å²) >= 11 is 1.55. The van der Waals surface area contributed by atoms with E-state index in [-0.39, 0.29) is 18.1 Å². The Morgan fingerprint density at radius 1 is 1.61 bits per heavy atom. The summed E-state index contributed by atoms with van der Waals surface area (Å²) in [5, 5.41) is 5.81. The first kappa shape index (κ1) is 15.1. The zero-order chi connectivity index (χ0) is 13.4. The van der Waals surface area contributed by atoms with Crippen LogP contribution in [0.4, 0.5) is 0 Å². The fourth-order valence-electron chi connectivity index (χ4n) is 1.65. The van der Waals surface area contributed by atoms with Crippen molar-refractivity contribution in [2.24, 2.45) is 5.73 Å². The molecule has 18 heavy (non-hydrogen) atoms. The zero-order valence-electron chi connectivity index (χ0n) is 10.9. The van der Waals surface area contributed by atoms with Gasteiger partial charge in [-0.1, -0.05) is 6.92 Å². The molecule has 2 unspecified atom stereocenters. The number of nitrogens with one attached hydrogen (secondary N) is 1. The van der Waals surface area contributed by atoms with Crippen molar-refractivity contribution in [1.29, 1.82) is 0 Å². The molecule has 0 bridgehead atoms. The minimum Gasteiger partial charge on any atom is -0.377 e. The smallest absolute Gasteiger partial charge is 0.223 e. The van der Waals surface area contributed by atoms with Crippen LogP contribution in [0.5, 0.6) is 0 Å². The van der Waals surface area contributed by atoms with Crippen molar-refractivity contribution in [3.63, 3.8) is 0 Å². The van der Waals surface area contributed by atoms with Crippen LogP contribution in [0.2, 0.25) is 0 Å². The lowest BCUT2D eigenvalue weighted by Crippen LogP contribution is -2.34. The van der Waals surface area contributed by atoms with E-state index >= 15 is 0 Å². The number of carbonyl (C=O) groups excluding carboxylic acids is 1. The number of rotatable bonds is 8. The normalized spacial score (nSPS) is 14.2. The van der Waals surface area contributed by atoms with Gasteiger partial charge in [0.15, 0.2) is 0 Å². The average molecular weight is 271 g/mol. The largest absolute Gasteiger partial charge is 0.377 e. The SMILES string of the molecule is CCOC(CN)CC(=O)NC(CC)c1nccs1. The van der Waals surface area contributed by atoms with Crippen molar-refractivity contribution in [1.82, 2.24) is 10.3 Å². The molecule has 0 radical (unpaired) electrons. The summed E-state index contributed by atoms with van der Waals surface area (Å²) < 4.78 is 5.37. The maximum absolute atomic E-state index is 11.9. The summed E-state index contributed by atoms with van der Waals surface area (Å²) in [6.45, 7) is 4.84. The van der Waals surface area contributed by atoms with Gasteiger partial charge in [-0.2, -0.15) is 0 Å². The van der Waals surface area contributed by atoms with E-state index in [1.54, 1.807) is 17.5 Å². The van der Waals surface area contributed by atoms with E-state index in [0.717, 1.165) is 11.4 Å². The number of thiazole rings is 1. The van der Waals surface area contributed by atoms with Gasteiger partial charge in [0.05, 0.1) is 18.6 Å². The molecule has 0 saturated carbocycles. The Morgan fingerprint density at radius 3 is 2.89 bits per heavy atom. The minimum atomic E-state index is -0.205. The van der Waals surface area contributed by atoms with Gasteiger partial charge in [0, 0.05) is 24.7 Å². The highest BCUT2D eigenvalue weighted by molar-refractivity contribution is 7.09. The van der Waals surface area contributed by atoms with Crippen molar-refractivity contribution in [2.45, 2.75) is 38.8 Å². The Kier molecular flexibility index (Phi) is 6.85. The molecule has 1 heterocycles. The van der Waals surface area contributed by atoms with E-state index in [1.165, 1.54) is 0 Å². The number of aromatic nitrogens is 1. The highest BCUT2D eigenvalue weighted by atomic mass is 32.1. The Labute approximate surface area is 112 Å². The van der Waals surface area contributed by atoms with Crippen LogP contribution in [0.3, 0.4) is 0 Å². The Bertz CT molecular complexity index is 343. The maximum Gasteiger partial charge on any atom is 0.223 e. The van der Waals surface area contributed by atoms with Crippen molar-refractivity contribution < 1.29 is 9.53 Å². The molecule has 6 heteroatoms. The van der Waals surface area contributed by atoms with Crippen LogP contribution in [-0.4, -0.2) is 30.1 Å². The summed E-state index contributed by atoms with van der Waals surface area (Å²) in [4.78, 5) is 16.1. The standard InChI is InChI=1S/C12H21N3O2S/c1-3-10(12-14-5-6-18-12)15-11(16)7-9(8-13)17-4-2/h5-6,9-10H,3-4,7-8,13H2,1-2H3,(H,15,16). The van der Waals surface area contributed by atoms with Crippen molar-refractivity contribution >= 4 is 17.2 Å².